The third-order valence-electron chi connectivity index (χ3n) is 2.97. The fourth-order valence-corrected chi connectivity index (χ4v) is 1.57. The van der Waals surface area contributed by atoms with Gasteiger partial charge in [-0.1, -0.05) is 20.3 Å². The van der Waals surface area contributed by atoms with Crippen LogP contribution in [-0.2, 0) is 9.59 Å². The summed E-state index contributed by atoms with van der Waals surface area (Å²) in [4.78, 5) is 35.4. The Morgan fingerprint density at radius 2 is 1.85 bits per heavy atom. The summed E-state index contributed by atoms with van der Waals surface area (Å²) in [6, 6.07) is -0.581. The molecule has 116 valence electrons. The minimum atomic E-state index is -0.995. The van der Waals surface area contributed by atoms with E-state index < -0.39 is 17.9 Å². The molecule has 0 aromatic rings. The predicted octanol–water partition coefficient (Wildman–Crippen LogP) is 0.797. The number of carbonyl (C=O) groups excluding carboxylic acids is 2. The van der Waals surface area contributed by atoms with Gasteiger partial charge in [-0.2, -0.15) is 0 Å². The Morgan fingerprint density at radius 3 is 2.35 bits per heavy atom. The molecule has 0 aliphatic heterocycles. The molecule has 0 radical (unpaired) electrons. The first-order valence-corrected chi connectivity index (χ1v) is 6.94. The maximum Gasteiger partial charge on any atom is 0.321 e. The second-order valence-corrected chi connectivity index (χ2v) is 4.71. The molecule has 1 atom stereocenters. The monoisotopic (exact) mass is 287 g/mol. The molecule has 0 aromatic carbocycles. The molecule has 7 heteroatoms. The largest absolute Gasteiger partial charge is 0.480 e. The summed E-state index contributed by atoms with van der Waals surface area (Å²) in [5.41, 5.74) is 0. The van der Waals surface area contributed by atoms with E-state index in [9.17, 15) is 14.4 Å². The Hall–Kier alpha value is -1.63. The molecule has 0 rings (SSSR count). The van der Waals surface area contributed by atoms with Gasteiger partial charge in [0.1, 0.15) is 0 Å². The zero-order valence-electron chi connectivity index (χ0n) is 12.4. The van der Waals surface area contributed by atoms with Gasteiger partial charge in [-0.05, 0) is 19.8 Å². The van der Waals surface area contributed by atoms with Crippen molar-refractivity contribution < 1.29 is 19.5 Å². The molecule has 0 saturated carbocycles. The number of aliphatic carboxylic acids is 1. The smallest absolute Gasteiger partial charge is 0.321 e. The quantitative estimate of drug-likeness (QED) is 0.545. The van der Waals surface area contributed by atoms with Gasteiger partial charge in [0.25, 0.3) is 0 Å². The standard InChI is InChI=1S/C13H25N3O4/c1-4-6-7-14-13(20)15-11(17)8-16(9-12(18)19)10(3)5-2/h10H,4-9H2,1-3H3,(H,18,19)(H2,14,15,17,20). The van der Waals surface area contributed by atoms with E-state index in [4.69, 9.17) is 5.11 Å². The summed E-state index contributed by atoms with van der Waals surface area (Å²) in [6.07, 6.45) is 2.53. The van der Waals surface area contributed by atoms with Crippen molar-refractivity contribution in [1.29, 1.82) is 0 Å². The number of nitrogens with zero attached hydrogens (tertiary/aromatic N) is 1. The average Bonchev–Trinajstić information content (AvgIpc) is 2.36. The van der Waals surface area contributed by atoms with Gasteiger partial charge in [0, 0.05) is 12.6 Å². The summed E-state index contributed by atoms with van der Waals surface area (Å²) in [5, 5.41) is 13.6. The number of carboxylic acids is 1. The van der Waals surface area contributed by atoms with E-state index in [1.165, 1.54) is 4.90 Å². The molecule has 7 nitrogen and oxygen atoms in total. The summed E-state index contributed by atoms with van der Waals surface area (Å²) in [7, 11) is 0. The van der Waals surface area contributed by atoms with E-state index in [0.29, 0.717) is 6.54 Å². The highest BCUT2D eigenvalue weighted by atomic mass is 16.4. The molecule has 0 saturated heterocycles. The summed E-state index contributed by atoms with van der Waals surface area (Å²) >= 11 is 0. The van der Waals surface area contributed by atoms with E-state index in [2.05, 4.69) is 10.6 Å². The third kappa shape index (κ3) is 8.47. The molecule has 20 heavy (non-hydrogen) atoms. The van der Waals surface area contributed by atoms with Gasteiger partial charge in [-0.25, -0.2) is 4.79 Å². The van der Waals surface area contributed by atoms with Crippen LogP contribution in [0.25, 0.3) is 0 Å². The van der Waals surface area contributed by atoms with Gasteiger partial charge in [0.2, 0.25) is 5.91 Å². The van der Waals surface area contributed by atoms with Crippen LogP contribution >= 0.6 is 0 Å². The van der Waals surface area contributed by atoms with Crippen LogP contribution in [0.4, 0.5) is 4.79 Å². The molecular formula is C13H25N3O4. The maximum atomic E-state index is 11.7. The number of amides is 3. The SMILES string of the molecule is CCCCNC(=O)NC(=O)CN(CC(=O)O)C(C)CC. The van der Waals surface area contributed by atoms with Crippen LogP contribution in [0, 0.1) is 0 Å². The molecule has 3 N–H and O–H groups in total. The third-order valence-corrected chi connectivity index (χ3v) is 2.97. The fourth-order valence-electron chi connectivity index (χ4n) is 1.57. The highest BCUT2D eigenvalue weighted by Gasteiger charge is 2.19. The fraction of sp³-hybridized carbons (Fsp3) is 0.769. The predicted molar refractivity (Wildman–Crippen MR) is 75.4 cm³/mol. The van der Waals surface area contributed by atoms with Crippen molar-refractivity contribution in [2.24, 2.45) is 0 Å². The zero-order valence-corrected chi connectivity index (χ0v) is 12.4. The number of hydrogen-bond donors (Lipinski definition) is 3. The summed E-state index contributed by atoms with van der Waals surface area (Å²) < 4.78 is 0. The molecule has 0 aliphatic rings. The van der Waals surface area contributed by atoms with Gasteiger partial charge in [0.15, 0.2) is 0 Å². The second-order valence-electron chi connectivity index (χ2n) is 4.71. The summed E-state index contributed by atoms with van der Waals surface area (Å²) in [5.74, 6) is -1.49. The Morgan fingerprint density at radius 1 is 1.20 bits per heavy atom. The minimum absolute atomic E-state index is 0.0417. The van der Waals surface area contributed by atoms with E-state index in [1.807, 2.05) is 20.8 Å². The van der Waals surface area contributed by atoms with Crippen molar-refractivity contribution in [2.75, 3.05) is 19.6 Å². The van der Waals surface area contributed by atoms with E-state index in [-0.39, 0.29) is 19.1 Å². The Bertz CT molecular complexity index is 334. The molecule has 1 unspecified atom stereocenters. The number of carboxylic acid groups (broad SMARTS) is 1. The molecule has 3 amide bonds. The van der Waals surface area contributed by atoms with Crippen molar-refractivity contribution in [3.8, 4) is 0 Å². The Kier molecular flexibility index (Phi) is 9.36. The van der Waals surface area contributed by atoms with E-state index in [1.54, 1.807) is 0 Å². The maximum absolute atomic E-state index is 11.7. The van der Waals surface area contributed by atoms with E-state index >= 15 is 0 Å². The number of nitrogens with one attached hydrogen (secondary N) is 2. The number of imide groups is 1. The lowest BCUT2D eigenvalue weighted by Crippen LogP contribution is -2.48. The van der Waals surface area contributed by atoms with Crippen LogP contribution in [-0.4, -0.2) is 53.6 Å². The Labute approximate surface area is 119 Å². The lowest BCUT2D eigenvalue weighted by Gasteiger charge is -2.25. The normalized spacial score (nSPS) is 12.0. The van der Waals surface area contributed by atoms with Crippen LogP contribution < -0.4 is 10.6 Å². The van der Waals surface area contributed by atoms with Gasteiger partial charge in [-0.15, -0.1) is 0 Å². The van der Waals surface area contributed by atoms with Crippen LogP contribution in [0.5, 0.6) is 0 Å². The molecule has 0 aromatic heterocycles. The number of unbranched alkanes of at least 4 members (excludes halogenated alkanes) is 1. The van der Waals surface area contributed by atoms with Gasteiger partial charge < -0.3 is 10.4 Å². The number of urea groups is 1. The van der Waals surface area contributed by atoms with Gasteiger partial charge in [0.05, 0.1) is 13.1 Å². The highest BCUT2D eigenvalue weighted by Crippen LogP contribution is 2.02. The molecule has 0 aliphatic carbocycles. The highest BCUT2D eigenvalue weighted by molar-refractivity contribution is 5.95. The van der Waals surface area contributed by atoms with Crippen molar-refractivity contribution in [3.63, 3.8) is 0 Å². The van der Waals surface area contributed by atoms with Crippen LogP contribution in [0.1, 0.15) is 40.0 Å². The van der Waals surface area contributed by atoms with E-state index in [0.717, 1.165) is 19.3 Å². The van der Waals surface area contributed by atoms with Crippen molar-refractivity contribution in [2.45, 2.75) is 46.1 Å². The first-order valence-electron chi connectivity index (χ1n) is 6.94. The number of hydrogen-bond acceptors (Lipinski definition) is 4. The molecule has 0 heterocycles. The van der Waals surface area contributed by atoms with Crippen LogP contribution in [0.3, 0.4) is 0 Å². The molecular weight excluding hydrogens is 262 g/mol. The van der Waals surface area contributed by atoms with Crippen molar-refractivity contribution in [1.82, 2.24) is 15.5 Å². The number of rotatable bonds is 9. The molecule has 0 bridgehead atoms. The summed E-state index contributed by atoms with van der Waals surface area (Å²) in [6.45, 7) is 5.94. The van der Waals surface area contributed by atoms with Crippen LogP contribution in [0.15, 0.2) is 0 Å². The average molecular weight is 287 g/mol. The number of carbonyl (C=O) groups is 3. The van der Waals surface area contributed by atoms with Crippen molar-refractivity contribution in [3.05, 3.63) is 0 Å². The van der Waals surface area contributed by atoms with Crippen LogP contribution in [0.2, 0.25) is 0 Å². The Balaban J connectivity index is 4.24. The first kappa shape index (κ1) is 18.4. The minimum Gasteiger partial charge on any atom is -0.480 e. The molecule has 0 fully saturated rings. The molecule has 0 spiro atoms. The van der Waals surface area contributed by atoms with Crippen molar-refractivity contribution >= 4 is 17.9 Å². The first-order chi connectivity index (χ1) is 9.40. The second kappa shape index (κ2) is 10.2. The van der Waals surface area contributed by atoms with Gasteiger partial charge in [-0.3, -0.25) is 19.8 Å². The topological polar surface area (TPSA) is 98.7 Å². The zero-order chi connectivity index (χ0) is 15.5. The lowest BCUT2D eigenvalue weighted by atomic mass is 10.2. The van der Waals surface area contributed by atoms with Gasteiger partial charge >= 0.3 is 12.0 Å². The lowest BCUT2D eigenvalue weighted by molar-refractivity contribution is -0.139.